The molecule has 3 aromatic carbocycles. The van der Waals surface area contributed by atoms with Crippen LogP contribution < -0.4 is 5.73 Å². The molecule has 33 heavy (non-hydrogen) atoms. The van der Waals surface area contributed by atoms with Gasteiger partial charge in [-0.15, -0.1) is 0 Å². The first-order valence-corrected chi connectivity index (χ1v) is 12.1. The maximum Gasteiger partial charge on any atom is 0.244 e. The summed E-state index contributed by atoms with van der Waals surface area (Å²) in [5.41, 5.74) is 11.2. The summed E-state index contributed by atoms with van der Waals surface area (Å²) in [6.45, 7) is 3.25. The van der Waals surface area contributed by atoms with Crippen LogP contribution in [-0.4, -0.2) is 32.6 Å². The van der Waals surface area contributed by atoms with Gasteiger partial charge in [0.25, 0.3) is 0 Å². The summed E-state index contributed by atoms with van der Waals surface area (Å²) in [6.07, 6.45) is 0. The summed E-state index contributed by atoms with van der Waals surface area (Å²) in [5, 5.41) is -0.643. The van der Waals surface area contributed by atoms with Crippen molar-refractivity contribution in [2.24, 2.45) is 0 Å². The van der Waals surface area contributed by atoms with Crippen LogP contribution in [0.3, 0.4) is 0 Å². The van der Waals surface area contributed by atoms with E-state index < -0.39 is 15.3 Å². The van der Waals surface area contributed by atoms with Gasteiger partial charge in [-0.1, -0.05) is 66.7 Å². The number of imidazole rings is 2. The van der Waals surface area contributed by atoms with Crippen LogP contribution in [0, 0.1) is 0 Å². The lowest BCUT2D eigenvalue weighted by Gasteiger charge is -2.11. The van der Waals surface area contributed by atoms with E-state index in [4.69, 9.17) is 10.7 Å². The van der Waals surface area contributed by atoms with Crippen LogP contribution in [0.25, 0.3) is 44.9 Å². The summed E-state index contributed by atoms with van der Waals surface area (Å²) < 4.78 is 27.1. The quantitative estimate of drug-likeness (QED) is 0.389. The second-order valence-corrected chi connectivity index (χ2v) is 10.4. The highest BCUT2D eigenvalue weighted by molar-refractivity contribution is 7.90. The minimum Gasteiger partial charge on any atom is -0.368 e. The van der Waals surface area contributed by atoms with Crippen molar-refractivity contribution in [3.63, 3.8) is 0 Å². The van der Waals surface area contributed by atoms with Crippen LogP contribution in [0.2, 0.25) is 0 Å². The third-order valence-corrected chi connectivity index (χ3v) is 7.66. The minimum atomic E-state index is -3.69. The third-order valence-electron chi connectivity index (χ3n) is 5.57. The average molecular weight is 458 g/mol. The van der Waals surface area contributed by atoms with Crippen molar-refractivity contribution in [3.8, 4) is 33.9 Å². The summed E-state index contributed by atoms with van der Waals surface area (Å²) in [6, 6.07) is 25.2. The third kappa shape index (κ3) is 3.58. The molecular formula is C25H23N5O2S. The number of H-pyrrole nitrogens is 1. The summed E-state index contributed by atoms with van der Waals surface area (Å²) >= 11 is 0. The average Bonchev–Trinajstić information content (AvgIpc) is 3.41. The van der Waals surface area contributed by atoms with Crippen LogP contribution >= 0.6 is 0 Å². The molecule has 2 aromatic heterocycles. The highest BCUT2D eigenvalue weighted by Crippen LogP contribution is 2.35. The summed E-state index contributed by atoms with van der Waals surface area (Å²) in [5.74, 6) is 0.679. The first-order chi connectivity index (χ1) is 15.9. The number of nitrogen functional groups attached to an aromatic ring is 1. The predicted molar refractivity (Wildman–Crippen MR) is 132 cm³/mol. The lowest BCUT2D eigenvalue weighted by molar-refractivity contribution is 0.580. The zero-order chi connectivity index (χ0) is 23.2. The predicted octanol–water partition coefficient (Wildman–Crippen LogP) is 4.93. The van der Waals surface area contributed by atoms with Crippen LogP contribution in [-0.2, 0) is 10.0 Å². The Morgan fingerprint density at radius 3 is 2.12 bits per heavy atom. The van der Waals surface area contributed by atoms with Gasteiger partial charge in [0.05, 0.1) is 27.7 Å². The van der Waals surface area contributed by atoms with Crippen LogP contribution in [0.5, 0.6) is 0 Å². The zero-order valence-corrected chi connectivity index (χ0v) is 19.0. The van der Waals surface area contributed by atoms with Crippen LogP contribution in [0.15, 0.2) is 78.9 Å². The molecule has 0 atom stereocenters. The van der Waals surface area contributed by atoms with Gasteiger partial charge < -0.3 is 10.7 Å². The smallest absolute Gasteiger partial charge is 0.244 e. The van der Waals surface area contributed by atoms with Gasteiger partial charge in [0.15, 0.2) is 0 Å². The molecule has 0 unspecified atom stereocenters. The molecule has 5 rings (SSSR count). The van der Waals surface area contributed by atoms with Crippen molar-refractivity contribution in [2.75, 3.05) is 5.73 Å². The Kier molecular flexibility index (Phi) is 5.02. The first kappa shape index (κ1) is 21.0. The van der Waals surface area contributed by atoms with E-state index in [2.05, 4.69) is 9.97 Å². The van der Waals surface area contributed by atoms with Gasteiger partial charge in [0, 0.05) is 16.7 Å². The van der Waals surface area contributed by atoms with Crippen molar-refractivity contribution in [1.82, 2.24) is 18.9 Å². The molecule has 0 aliphatic heterocycles. The fourth-order valence-corrected chi connectivity index (χ4v) is 4.97. The van der Waals surface area contributed by atoms with E-state index in [-0.39, 0.29) is 5.95 Å². The molecule has 7 nitrogen and oxygen atoms in total. The Bertz CT molecular complexity index is 1550. The second-order valence-electron chi connectivity index (χ2n) is 8.07. The lowest BCUT2D eigenvalue weighted by Crippen LogP contribution is -2.23. The maximum atomic E-state index is 13.0. The standard InChI is InChI=1S/C25H23N5O2S/c1-16(2)33(31,32)30-21-15-19(13-14-20(21)27-25(30)26)23-22(17-9-5-3-6-10-17)28-24(29-23)18-11-7-4-8-12-18/h3-16H,1-2H3,(H2,26,27)(H,28,29). The van der Waals surface area contributed by atoms with Gasteiger partial charge in [0.2, 0.25) is 16.0 Å². The van der Waals surface area contributed by atoms with Crippen molar-refractivity contribution < 1.29 is 8.42 Å². The van der Waals surface area contributed by atoms with Gasteiger partial charge in [-0.3, -0.25) is 0 Å². The number of anilines is 1. The Morgan fingerprint density at radius 2 is 1.48 bits per heavy atom. The monoisotopic (exact) mass is 457 g/mol. The molecule has 0 aliphatic carbocycles. The molecule has 0 bridgehead atoms. The van der Waals surface area contributed by atoms with E-state index in [1.54, 1.807) is 26.0 Å². The number of benzene rings is 3. The Labute approximate surface area is 192 Å². The molecule has 0 radical (unpaired) electrons. The number of nitrogens with zero attached hydrogens (tertiary/aromatic N) is 3. The first-order valence-electron chi connectivity index (χ1n) is 10.6. The van der Waals surface area contributed by atoms with Crippen molar-refractivity contribution in [3.05, 3.63) is 78.9 Å². The lowest BCUT2D eigenvalue weighted by atomic mass is 10.0. The van der Waals surface area contributed by atoms with E-state index in [1.807, 2.05) is 66.7 Å². The fourth-order valence-electron chi connectivity index (χ4n) is 3.83. The molecule has 0 aliphatic rings. The van der Waals surface area contributed by atoms with E-state index in [0.29, 0.717) is 11.0 Å². The molecule has 0 saturated carbocycles. The summed E-state index contributed by atoms with van der Waals surface area (Å²) in [7, 11) is -3.69. The molecule has 0 fully saturated rings. The van der Waals surface area contributed by atoms with E-state index in [9.17, 15) is 8.42 Å². The summed E-state index contributed by atoms with van der Waals surface area (Å²) in [4.78, 5) is 12.6. The zero-order valence-electron chi connectivity index (χ0n) is 18.2. The molecule has 8 heteroatoms. The number of hydrogen-bond acceptors (Lipinski definition) is 5. The molecule has 0 saturated heterocycles. The van der Waals surface area contributed by atoms with Crippen LogP contribution in [0.1, 0.15) is 13.8 Å². The second kappa shape index (κ2) is 7.90. The number of hydrogen-bond donors (Lipinski definition) is 2. The van der Waals surface area contributed by atoms with E-state index in [1.165, 1.54) is 0 Å². The van der Waals surface area contributed by atoms with Crippen molar-refractivity contribution in [1.29, 1.82) is 0 Å². The molecule has 5 aromatic rings. The molecule has 166 valence electrons. The Morgan fingerprint density at radius 1 is 0.848 bits per heavy atom. The fraction of sp³-hybridized carbons (Fsp3) is 0.120. The van der Waals surface area contributed by atoms with Gasteiger partial charge in [-0.05, 0) is 26.0 Å². The highest BCUT2D eigenvalue weighted by atomic mass is 32.2. The number of nitrogens with two attached hydrogens (primary N) is 1. The minimum absolute atomic E-state index is 0.0499. The van der Waals surface area contributed by atoms with Crippen molar-refractivity contribution in [2.45, 2.75) is 19.1 Å². The van der Waals surface area contributed by atoms with Crippen LogP contribution in [0.4, 0.5) is 5.95 Å². The molecule has 2 heterocycles. The number of rotatable bonds is 5. The molecular weight excluding hydrogens is 434 g/mol. The van der Waals surface area contributed by atoms with Gasteiger partial charge in [-0.2, -0.15) is 0 Å². The number of aromatic amines is 1. The van der Waals surface area contributed by atoms with E-state index >= 15 is 0 Å². The van der Waals surface area contributed by atoms with Gasteiger partial charge >= 0.3 is 0 Å². The SMILES string of the molecule is CC(C)S(=O)(=O)n1c(N)nc2ccc(-c3nc(-c4ccccc4)[nH]c3-c3ccccc3)cc21. The molecule has 3 N–H and O–H groups in total. The number of fused-ring (bicyclic) bond motifs is 1. The van der Waals surface area contributed by atoms with Crippen molar-refractivity contribution >= 4 is 27.0 Å². The molecule has 0 spiro atoms. The highest BCUT2D eigenvalue weighted by Gasteiger charge is 2.25. The van der Waals surface area contributed by atoms with Gasteiger partial charge in [-0.25, -0.2) is 22.4 Å². The number of aromatic nitrogens is 4. The Balaban J connectivity index is 1.75. The number of nitrogens with one attached hydrogen (secondary N) is 1. The topological polar surface area (TPSA) is 107 Å². The maximum absolute atomic E-state index is 13.0. The normalized spacial score (nSPS) is 12.0. The largest absolute Gasteiger partial charge is 0.368 e. The Hall–Kier alpha value is -3.91. The molecule has 0 amide bonds. The van der Waals surface area contributed by atoms with E-state index in [0.717, 1.165) is 37.9 Å². The van der Waals surface area contributed by atoms with Gasteiger partial charge in [0.1, 0.15) is 5.82 Å².